The molecular formula is C9H20BrNO2S. The van der Waals surface area contributed by atoms with Crippen LogP contribution in [0.3, 0.4) is 0 Å². The number of rotatable bonds is 3. The average molecular weight is 286 g/mol. The van der Waals surface area contributed by atoms with Crippen LogP contribution in [0.5, 0.6) is 0 Å². The predicted molar refractivity (Wildman–Crippen MR) is 64.3 cm³/mol. The molecule has 0 rings (SSSR count). The van der Waals surface area contributed by atoms with E-state index >= 15 is 0 Å². The number of halogens is 1. The highest BCUT2D eigenvalue weighted by molar-refractivity contribution is 9.09. The van der Waals surface area contributed by atoms with E-state index in [4.69, 9.17) is 0 Å². The molecule has 0 aromatic rings. The van der Waals surface area contributed by atoms with Crippen molar-refractivity contribution < 1.29 is 8.42 Å². The fourth-order valence-electron chi connectivity index (χ4n) is 0.820. The number of hydrogen-bond donors (Lipinski definition) is 0. The lowest BCUT2D eigenvalue weighted by molar-refractivity contribution is 0.291. The molecule has 0 atom stereocenters. The zero-order valence-corrected chi connectivity index (χ0v) is 12.2. The van der Waals surface area contributed by atoms with Gasteiger partial charge in [0, 0.05) is 17.9 Å². The summed E-state index contributed by atoms with van der Waals surface area (Å²) in [4.78, 5) is 0. The van der Waals surface area contributed by atoms with E-state index in [0.717, 1.165) is 0 Å². The van der Waals surface area contributed by atoms with Gasteiger partial charge in [-0.1, -0.05) is 15.9 Å². The van der Waals surface area contributed by atoms with Crippen LogP contribution in [-0.4, -0.2) is 35.4 Å². The molecule has 0 aliphatic heterocycles. The molecule has 0 N–H and O–H groups in total. The number of sulfonamides is 1. The molecule has 0 bridgehead atoms. The van der Waals surface area contributed by atoms with E-state index < -0.39 is 20.3 Å². The first kappa shape index (κ1) is 14.4. The van der Waals surface area contributed by atoms with Crippen molar-refractivity contribution in [2.75, 3.05) is 12.4 Å². The Morgan fingerprint density at radius 3 is 1.71 bits per heavy atom. The van der Waals surface area contributed by atoms with E-state index in [2.05, 4.69) is 15.9 Å². The zero-order chi connectivity index (χ0) is 11.8. The van der Waals surface area contributed by atoms with E-state index in [1.807, 2.05) is 13.8 Å². The summed E-state index contributed by atoms with van der Waals surface area (Å²) in [5.41, 5.74) is -0.397. The Morgan fingerprint density at radius 1 is 1.14 bits per heavy atom. The molecule has 0 aromatic carbocycles. The van der Waals surface area contributed by atoms with Gasteiger partial charge in [0.05, 0.1) is 4.75 Å². The van der Waals surface area contributed by atoms with Gasteiger partial charge in [-0.3, -0.25) is 0 Å². The molecule has 0 aliphatic carbocycles. The third-order valence-corrected chi connectivity index (χ3v) is 6.45. The number of hydrogen-bond acceptors (Lipinski definition) is 2. The Labute approximate surface area is 96.0 Å². The summed E-state index contributed by atoms with van der Waals surface area (Å²) < 4.78 is 24.8. The first-order valence-electron chi connectivity index (χ1n) is 4.51. The Hall–Kier alpha value is 0.390. The van der Waals surface area contributed by atoms with Crippen LogP contribution >= 0.6 is 15.9 Å². The van der Waals surface area contributed by atoms with Gasteiger partial charge in [-0.15, -0.1) is 0 Å². The van der Waals surface area contributed by atoms with Gasteiger partial charge in [-0.2, -0.15) is 4.31 Å². The molecule has 0 radical (unpaired) electrons. The maximum atomic E-state index is 12.1. The van der Waals surface area contributed by atoms with Crippen molar-refractivity contribution in [2.24, 2.45) is 0 Å². The van der Waals surface area contributed by atoms with Crippen LogP contribution in [0.25, 0.3) is 0 Å². The lowest BCUT2D eigenvalue weighted by Crippen LogP contribution is -2.52. The summed E-state index contributed by atoms with van der Waals surface area (Å²) in [6.45, 7) is 8.92. The highest BCUT2D eigenvalue weighted by atomic mass is 79.9. The highest BCUT2D eigenvalue weighted by Crippen LogP contribution is 2.26. The van der Waals surface area contributed by atoms with Crippen molar-refractivity contribution in [2.45, 2.75) is 44.9 Å². The van der Waals surface area contributed by atoms with E-state index in [1.54, 1.807) is 27.8 Å². The molecular weight excluding hydrogens is 266 g/mol. The summed E-state index contributed by atoms with van der Waals surface area (Å²) >= 11 is 3.32. The van der Waals surface area contributed by atoms with Gasteiger partial charge in [0.1, 0.15) is 0 Å². The fraction of sp³-hybridized carbons (Fsp3) is 1.00. The molecule has 14 heavy (non-hydrogen) atoms. The topological polar surface area (TPSA) is 37.4 Å². The molecule has 0 saturated carbocycles. The smallest absolute Gasteiger partial charge is 0.212 e. The molecule has 3 nitrogen and oxygen atoms in total. The first-order valence-corrected chi connectivity index (χ1v) is 7.07. The zero-order valence-electron chi connectivity index (χ0n) is 9.76. The Morgan fingerprint density at radius 2 is 1.50 bits per heavy atom. The molecule has 0 spiro atoms. The summed E-state index contributed by atoms with van der Waals surface area (Å²) in [5.74, 6) is 0. The fourth-order valence-corrected chi connectivity index (χ4v) is 2.90. The van der Waals surface area contributed by atoms with E-state index in [9.17, 15) is 8.42 Å². The molecule has 0 heterocycles. The molecule has 0 amide bonds. The quantitative estimate of drug-likeness (QED) is 0.746. The maximum Gasteiger partial charge on any atom is 0.219 e. The third kappa shape index (κ3) is 2.70. The minimum atomic E-state index is -3.24. The van der Waals surface area contributed by atoms with Gasteiger partial charge in [0.25, 0.3) is 0 Å². The molecule has 86 valence electrons. The lowest BCUT2D eigenvalue weighted by atomic mass is 10.1. The second-order valence-corrected chi connectivity index (χ2v) is 8.31. The monoisotopic (exact) mass is 285 g/mol. The minimum Gasteiger partial charge on any atom is -0.212 e. The Kier molecular flexibility index (Phi) is 4.21. The van der Waals surface area contributed by atoms with Gasteiger partial charge in [0.15, 0.2) is 0 Å². The summed E-state index contributed by atoms with van der Waals surface area (Å²) in [7, 11) is -1.62. The maximum absolute atomic E-state index is 12.1. The lowest BCUT2D eigenvalue weighted by Gasteiger charge is -2.37. The van der Waals surface area contributed by atoms with Crippen molar-refractivity contribution in [1.82, 2.24) is 4.31 Å². The van der Waals surface area contributed by atoms with Gasteiger partial charge in [0.2, 0.25) is 10.0 Å². The van der Waals surface area contributed by atoms with Crippen LogP contribution < -0.4 is 0 Å². The van der Waals surface area contributed by atoms with Gasteiger partial charge in [-0.05, 0) is 34.6 Å². The molecule has 0 fully saturated rings. The largest absolute Gasteiger partial charge is 0.219 e. The van der Waals surface area contributed by atoms with Crippen molar-refractivity contribution in [3.05, 3.63) is 0 Å². The van der Waals surface area contributed by atoms with E-state index in [0.29, 0.717) is 5.33 Å². The Bertz CT molecular complexity index is 290. The molecule has 0 aromatic heterocycles. The van der Waals surface area contributed by atoms with Crippen molar-refractivity contribution in [1.29, 1.82) is 0 Å². The summed E-state index contributed by atoms with van der Waals surface area (Å²) in [5, 5.41) is 0.617. The SMILES string of the molecule is CN(C(C)(C)CBr)S(=O)(=O)C(C)(C)C. The predicted octanol–water partition coefficient (Wildman–Crippen LogP) is 2.22. The molecule has 5 heteroatoms. The van der Waals surface area contributed by atoms with Crippen LogP contribution in [0, 0.1) is 0 Å². The van der Waals surface area contributed by atoms with Gasteiger partial charge < -0.3 is 0 Å². The number of alkyl halides is 1. The molecule has 0 aliphatic rings. The van der Waals surface area contributed by atoms with E-state index in [-0.39, 0.29) is 0 Å². The molecule has 0 unspecified atom stereocenters. The first-order chi connectivity index (χ1) is 5.97. The second kappa shape index (κ2) is 4.10. The second-order valence-electron chi connectivity index (χ2n) is 5.03. The van der Waals surface area contributed by atoms with Crippen molar-refractivity contribution >= 4 is 26.0 Å². The van der Waals surface area contributed by atoms with Crippen LogP contribution in [0.4, 0.5) is 0 Å². The third-order valence-electron chi connectivity index (χ3n) is 2.31. The average Bonchev–Trinajstić information content (AvgIpc) is 2.01. The standard InChI is InChI=1S/C9H20BrNO2S/c1-8(2,3)14(12,13)11(6)9(4,5)7-10/h7H2,1-6H3. The van der Waals surface area contributed by atoms with Gasteiger partial charge >= 0.3 is 0 Å². The van der Waals surface area contributed by atoms with Gasteiger partial charge in [-0.25, -0.2) is 8.42 Å². The van der Waals surface area contributed by atoms with Crippen LogP contribution in [0.2, 0.25) is 0 Å². The minimum absolute atomic E-state index is 0.397. The van der Waals surface area contributed by atoms with Crippen molar-refractivity contribution in [3.63, 3.8) is 0 Å². The highest BCUT2D eigenvalue weighted by Gasteiger charge is 2.39. The van der Waals surface area contributed by atoms with Crippen LogP contribution in [-0.2, 0) is 10.0 Å². The van der Waals surface area contributed by atoms with Crippen LogP contribution in [0.1, 0.15) is 34.6 Å². The summed E-state index contributed by atoms with van der Waals surface area (Å²) in [6, 6.07) is 0. The normalized spacial score (nSPS) is 14.9. The summed E-state index contributed by atoms with van der Waals surface area (Å²) in [6.07, 6.45) is 0. The van der Waals surface area contributed by atoms with E-state index in [1.165, 1.54) is 4.31 Å². The molecule has 0 saturated heterocycles. The van der Waals surface area contributed by atoms with Crippen molar-refractivity contribution in [3.8, 4) is 0 Å². The van der Waals surface area contributed by atoms with Crippen LogP contribution in [0.15, 0.2) is 0 Å². The number of nitrogens with zero attached hydrogens (tertiary/aromatic N) is 1. The Balaban J connectivity index is 5.16.